The first-order valence-electron chi connectivity index (χ1n) is 3.46. The van der Waals surface area contributed by atoms with Gasteiger partial charge in [-0.2, -0.15) is 0 Å². The molecule has 0 radical (unpaired) electrons. The van der Waals surface area contributed by atoms with E-state index < -0.39 is 6.30 Å². The molecule has 1 nitrogen and oxygen atoms in total. The Kier molecular flexibility index (Phi) is 2.20. The third-order valence-electron chi connectivity index (χ3n) is 1.71. The van der Waals surface area contributed by atoms with Crippen LogP contribution in [0.1, 0.15) is 26.2 Å². The van der Waals surface area contributed by atoms with E-state index in [0.29, 0.717) is 0 Å². The highest BCUT2D eigenvalue weighted by molar-refractivity contribution is 5.57. The molecular formula is C7H12FN. The first-order chi connectivity index (χ1) is 4.30. The molecule has 1 rings (SSSR count). The van der Waals surface area contributed by atoms with Gasteiger partial charge in [-0.25, -0.2) is 4.39 Å². The molecule has 1 aliphatic heterocycles. The molecule has 0 saturated carbocycles. The average Bonchev–Trinajstić information content (AvgIpc) is 1.99. The lowest BCUT2D eigenvalue weighted by Crippen LogP contribution is -2.07. The van der Waals surface area contributed by atoms with Crippen LogP contribution in [0.15, 0.2) is 4.99 Å². The summed E-state index contributed by atoms with van der Waals surface area (Å²) < 4.78 is 12.6. The first-order valence-corrected chi connectivity index (χ1v) is 3.46. The van der Waals surface area contributed by atoms with Gasteiger partial charge < -0.3 is 0 Å². The standard InChI is InChI=1S/C7H12FN/c1-6-4-2-3-5-9-7(6)8/h5-7H,2-4H2,1H3. The zero-order chi connectivity index (χ0) is 6.69. The molecule has 0 spiro atoms. The van der Waals surface area contributed by atoms with Crippen molar-refractivity contribution in [1.82, 2.24) is 0 Å². The molecule has 0 saturated heterocycles. The summed E-state index contributed by atoms with van der Waals surface area (Å²) in [6.45, 7) is 1.91. The summed E-state index contributed by atoms with van der Waals surface area (Å²) in [6.07, 6.45) is 3.78. The lowest BCUT2D eigenvalue weighted by molar-refractivity contribution is 0.245. The summed E-state index contributed by atoms with van der Waals surface area (Å²) in [5.41, 5.74) is 0. The van der Waals surface area contributed by atoms with Crippen LogP contribution in [0.2, 0.25) is 0 Å². The summed E-state index contributed by atoms with van der Waals surface area (Å²) in [5.74, 6) is 0.128. The van der Waals surface area contributed by atoms with Crippen molar-refractivity contribution in [3.05, 3.63) is 0 Å². The van der Waals surface area contributed by atoms with Gasteiger partial charge in [-0.3, -0.25) is 4.99 Å². The zero-order valence-electron chi connectivity index (χ0n) is 5.68. The van der Waals surface area contributed by atoms with Crippen LogP contribution in [0.3, 0.4) is 0 Å². The lowest BCUT2D eigenvalue weighted by atomic mass is 10.1. The highest BCUT2D eigenvalue weighted by Gasteiger charge is 2.15. The maximum Gasteiger partial charge on any atom is 0.191 e. The van der Waals surface area contributed by atoms with Crippen molar-refractivity contribution in [2.45, 2.75) is 32.5 Å². The van der Waals surface area contributed by atoms with Crippen molar-refractivity contribution in [2.75, 3.05) is 0 Å². The third-order valence-corrected chi connectivity index (χ3v) is 1.71. The van der Waals surface area contributed by atoms with Gasteiger partial charge in [-0.15, -0.1) is 0 Å². The van der Waals surface area contributed by atoms with Gasteiger partial charge in [0.25, 0.3) is 0 Å². The topological polar surface area (TPSA) is 12.4 Å². The molecule has 0 aliphatic carbocycles. The molecular weight excluding hydrogens is 117 g/mol. The van der Waals surface area contributed by atoms with Gasteiger partial charge in [0, 0.05) is 12.1 Å². The van der Waals surface area contributed by atoms with Crippen molar-refractivity contribution in [2.24, 2.45) is 10.9 Å². The summed E-state index contributed by atoms with van der Waals surface area (Å²) in [7, 11) is 0. The van der Waals surface area contributed by atoms with Gasteiger partial charge in [0.05, 0.1) is 0 Å². The van der Waals surface area contributed by atoms with Gasteiger partial charge in [0.15, 0.2) is 6.30 Å². The van der Waals surface area contributed by atoms with Crippen LogP contribution in [-0.4, -0.2) is 12.5 Å². The highest BCUT2D eigenvalue weighted by atomic mass is 19.1. The van der Waals surface area contributed by atoms with Crippen LogP contribution < -0.4 is 0 Å². The van der Waals surface area contributed by atoms with E-state index in [4.69, 9.17) is 0 Å². The molecule has 0 aromatic carbocycles. The van der Waals surface area contributed by atoms with E-state index >= 15 is 0 Å². The minimum atomic E-state index is -0.938. The summed E-state index contributed by atoms with van der Waals surface area (Å²) in [5, 5.41) is 0. The molecule has 0 fully saturated rings. The highest BCUT2D eigenvalue weighted by Crippen LogP contribution is 2.18. The van der Waals surface area contributed by atoms with Crippen molar-refractivity contribution >= 4 is 6.21 Å². The van der Waals surface area contributed by atoms with Gasteiger partial charge in [0.2, 0.25) is 0 Å². The molecule has 0 aromatic heterocycles. The number of hydrogen-bond acceptors (Lipinski definition) is 1. The fourth-order valence-corrected chi connectivity index (χ4v) is 0.991. The maximum absolute atomic E-state index is 12.6. The maximum atomic E-state index is 12.6. The molecule has 2 unspecified atom stereocenters. The van der Waals surface area contributed by atoms with Gasteiger partial charge in [-0.1, -0.05) is 6.92 Å². The minimum Gasteiger partial charge on any atom is -0.261 e. The van der Waals surface area contributed by atoms with E-state index in [-0.39, 0.29) is 5.92 Å². The molecule has 52 valence electrons. The second kappa shape index (κ2) is 2.95. The SMILES string of the molecule is CC1CCCC=NC1F. The number of hydrogen-bond donors (Lipinski definition) is 0. The van der Waals surface area contributed by atoms with Crippen LogP contribution in [0, 0.1) is 5.92 Å². The summed E-state index contributed by atoms with van der Waals surface area (Å²) in [4.78, 5) is 3.71. The van der Waals surface area contributed by atoms with Crippen molar-refractivity contribution in [3.63, 3.8) is 0 Å². The largest absolute Gasteiger partial charge is 0.261 e. The second-order valence-electron chi connectivity index (χ2n) is 2.61. The minimum absolute atomic E-state index is 0.128. The molecule has 2 atom stereocenters. The monoisotopic (exact) mass is 129 g/mol. The van der Waals surface area contributed by atoms with Crippen molar-refractivity contribution in [3.8, 4) is 0 Å². The predicted molar refractivity (Wildman–Crippen MR) is 36.4 cm³/mol. The first kappa shape index (κ1) is 6.72. The Hall–Kier alpha value is -0.400. The normalized spacial score (nSPS) is 36.2. The van der Waals surface area contributed by atoms with E-state index in [2.05, 4.69) is 4.99 Å². The zero-order valence-corrected chi connectivity index (χ0v) is 5.68. The molecule has 9 heavy (non-hydrogen) atoms. The molecule has 1 aliphatic rings. The Balaban J connectivity index is 2.46. The Morgan fingerprint density at radius 2 is 2.44 bits per heavy atom. The summed E-state index contributed by atoms with van der Waals surface area (Å²) in [6, 6.07) is 0. The van der Waals surface area contributed by atoms with Gasteiger partial charge in [0.1, 0.15) is 0 Å². The van der Waals surface area contributed by atoms with Gasteiger partial charge in [-0.05, 0) is 19.3 Å². The van der Waals surface area contributed by atoms with E-state index in [9.17, 15) is 4.39 Å². The number of aliphatic imine (C=N–C) groups is 1. The van der Waals surface area contributed by atoms with Crippen molar-refractivity contribution < 1.29 is 4.39 Å². The van der Waals surface area contributed by atoms with Crippen molar-refractivity contribution in [1.29, 1.82) is 0 Å². The number of rotatable bonds is 0. The van der Waals surface area contributed by atoms with E-state index in [1.54, 1.807) is 6.21 Å². The van der Waals surface area contributed by atoms with Gasteiger partial charge >= 0.3 is 0 Å². The quantitative estimate of drug-likeness (QED) is 0.444. The van der Waals surface area contributed by atoms with E-state index in [1.807, 2.05) is 6.92 Å². The lowest BCUT2D eigenvalue weighted by Gasteiger charge is -2.07. The predicted octanol–water partition coefficient (Wildman–Crippen LogP) is 2.17. The van der Waals surface area contributed by atoms with Crippen LogP contribution in [-0.2, 0) is 0 Å². The smallest absolute Gasteiger partial charge is 0.191 e. The van der Waals surface area contributed by atoms with E-state index in [1.165, 1.54) is 0 Å². The Labute approximate surface area is 55.0 Å². The third kappa shape index (κ3) is 1.77. The second-order valence-corrected chi connectivity index (χ2v) is 2.61. The molecule has 0 amide bonds. The molecule has 2 heteroatoms. The molecule has 0 N–H and O–H groups in total. The number of halogens is 1. The summed E-state index contributed by atoms with van der Waals surface area (Å²) >= 11 is 0. The Bertz CT molecular complexity index is 111. The van der Waals surface area contributed by atoms with Crippen LogP contribution in [0.25, 0.3) is 0 Å². The average molecular weight is 129 g/mol. The Morgan fingerprint density at radius 3 is 3.22 bits per heavy atom. The van der Waals surface area contributed by atoms with E-state index in [0.717, 1.165) is 19.3 Å². The number of nitrogens with zero attached hydrogens (tertiary/aromatic N) is 1. The molecule has 0 aromatic rings. The number of alkyl halides is 1. The van der Waals surface area contributed by atoms with Crippen LogP contribution in [0.4, 0.5) is 4.39 Å². The Morgan fingerprint density at radius 1 is 1.67 bits per heavy atom. The molecule has 0 bridgehead atoms. The van der Waals surface area contributed by atoms with Crippen LogP contribution in [0.5, 0.6) is 0 Å². The van der Waals surface area contributed by atoms with Crippen LogP contribution >= 0.6 is 0 Å². The fourth-order valence-electron chi connectivity index (χ4n) is 0.991. The molecule has 1 heterocycles. The fraction of sp³-hybridized carbons (Fsp3) is 0.857.